The standard InChI is InChI=1S/C22H30N2O5/c25-20(24-9-4-1-5-10-24)15-29-19-7-3-2-6-17(19)12-23-13-18-14-28-11-8-22(18,16-23)21(26)27/h2-3,6-7,18H,1,4-5,8-16H2,(H,26,27)/t18-,22+/m1/s1. The number of nitrogens with zero attached hydrogens (tertiary/aromatic N) is 2. The van der Waals surface area contributed by atoms with E-state index in [1.165, 1.54) is 6.42 Å². The molecule has 1 aromatic carbocycles. The van der Waals surface area contributed by atoms with Crippen molar-refractivity contribution in [3.63, 3.8) is 0 Å². The number of carbonyl (C=O) groups excluding carboxylic acids is 1. The number of fused-ring (bicyclic) bond motifs is 1. The van der Waals surface area contributed by atoms with Crippen molar-refractivity contribution >= 4 is 11.9 Å². The molecule has 0 unspecified atom stereocenters. The van der Waals surface area contributed by atoms with Crippen molar-refractivity contribution in [3.8, 4) is 5.75 Å². The van der Waals surface area contributed by atoms with Gasteiger partial charge in [-0.2, -0.15) is 0 Å². The van der Waals surface area contributed by atoms with Crippen LogP contribution in [0.15, 0.2) is 24.3 Å². The second kappa shape index (κ2) is 8.71. The van der Waals surface area contributed by atoms with E-state index in [0.717, 1.165) is 31.5 Å². The van der Waals surface area contributed by atoms with Crippen molar-refractivity contribution < 1.29 is 24.2 Å². The summed E-state index contributed by atoms with van der Waals surface area (Å²) in [5.41, 5.74) is 0.275. The van der Waals surface area contributed by atoms with Gasteiger partial charge in [-0.25, -0.2) is 0 Å². The van der Waals surface area contributed by atoms with E-state index in [1.807, 2.05) is 29.2 Å². The lowest BCUT2D eigenvalue weighted by atomic mass is 9.74. The molecule has 7 nitrogen and oxygen atoms in total. The third-order valence-electron chi connectivity index (χ3n) is 6.63. The maximum atomic E-state index is 12.4. The summed E-state index contributed by atoms with van der Waals surface area (Å²) in [7, 11) is 0. The highest BCUT2D eigenvalue weighted by Gasteiger charge is 2.53. The highest BCUT2D eigenvalue weighted by molar-refractivity contribution is 5.78. The van der Waals surface area contributed by atoms with E-state index in [4.69, 9.17) is 9.47 Å². The Morgan fingerprint density at radius 2 is 2.00 bits per heavy atom. The predicted molar refractivity (Wildman–Crippen MR) is 107 cm³/mol. The van der Waals surface area contributed by atoms with Gasteiger partial charge in [0.1, 0.15) is 5.75 Å². The van der Waals surface area contributed by atoms with Gasteiger partial charge in [-0.15, -0.1) is 0 Å². The SMILES string of the molecule is O=C(COc1ccccc1CN1C[C@@H]2COCC[C@]2(C(=O)O)C1)N1CCCCC1. The smallest absolute Gasteiger partial charge is 0.311 e. The molecule has 4 rings (SSSR count). The fourth-order valence-electron chi connectivity index (χ4n) is 4.91. The fourth-order valence-corrected chi connectivity index (χ4v) is 4.91. The van der Waals surface area contributed by atoms with Crippen molar-refractivity contribution in [2.24, 2.45) is 11.3 Å². The summed E-state index contributed by atoms with van der Waals surface area (Å²) in [6, 6.07) is 7.74. The predicted octanol–water partition coefficient (Wildman–Crippen LogP) is 2.00. The van der Waals surface area contributed by atoms with Crippen LogP contribution in [-0.2, 0) is 20.9 Å². The molecule has 1 amide bonds. The third-order valence-corrected chi connectivity index (χ3v) is 6.63. The number of rotatable bonds is 6. The maximum absolute atomic E-state index is 12.4. The summed E-state index contributed by atoms with van der Waals surface area (Å²) in [6.07, 6.45) is 3.88. The van der Waals surface area contributed by atoms with Crippen LogP contribution >= 0.6 is 0 Å². The minimum atomic E-state index is -0.718. The van der Waals surface area contributed by atoms with Crippen LogP contribution in [0.1, 0.15) is 31.2 Å². The normalized spacial score (nSPS) is 27.4. The zero-order valence-corrected chi connectivity index (χ0v) is 16.8. The van der Waals surface area contributed by atoms with Gasteiger partial charge in [0.2, 0.25) is 0 Å². The Morgan fingerprint density at radius 1 is 1.21 bits per heavy atom. The largest absolute Gasteiger partial charge is 0.483 e. The Balaban J connectivity index is 1.40. The quantitative estimate of drug-likeness (QED) is 0.784. The second-order valence-electron chi connectivity index (χ2n) is 8.49. The summed E-state index contributed by atoms with van der Waals surface area (Å²) >= 11 is 0. The Bertz CT molecular complexity index is 748. The van der Waals surface area contributed by atoms with Crippen molar-refractivity contribution in [2.75, 3.05) is 46.0 Å². The maximum Gasteiger partial charge on any atom is 0.311 e. The topological polar surface area (TPSA) is 79.3 Å². The lowest BCUT2D eigenvalue weighted by Crippen LogP contribution is -2.44. The van der Waals surface area contributed by atoms with E-state index < -0.39 is 11.4 Å². The van der Waals surface area contributed by atoms with E-state index in [-0.39, 0.29) is 18.4 Å². The molecule has 3 fully saturated rings. The van der Waals surface area contributed by atoms with Gasteiger partial charge in [0.15, 0.2) is 6.61 Å². The van der Waals surface area contributed by atoms with Crippen molar-refractivity contribution in [3.05, 3.63) is 29.8 Å². The summed E-state index contributed by atoms with van der Waals surface area (Å²) < 4.78 is 11.4. The van der Waals surface area contributed by atoms with Crippen LogP contribution in [-0.4, -0.2) is 72.8 Å². The van der Waals surface area contributed by atoms with E-state index in [2.05, 4.69) is 4.90 Å². The zero-order valence-electron chi connectivity index (χ0n) is 16.8. The van der Waals surface area contributed by atoms with Gasteiger partial charge in [0.05, 0.1) is 12.0 Å². The number of likely N-dealkylation sites (tertiary alicyclic amines) is 2. The Labute approximate surface area is 171 Å². The van der Waals surface area contributed by atoms with Gasteiger partial charge in [-0.1, -0.05) is 18.2 Å². The molecule has 1 aromatic rings. The molecule has 2 atom stereocenters. The van der Waals surface area contributed by atoms with E-state index in [1.54, 1.807) is 0 Å². The van der Waals surface area contributed by atoms with Crippen LogP contribution in [0.4, 0.5) is 0 Å². The van der Waals surface area contributed by atoms with Crippen LogP contribution in [0.25, 0.3) is 0 Å². The number of carbonyl (C=O) groups is 2. The number of carboxylic acid groups (broad SMARTS) is 1. The van der Waals surface area contributed by atoms with Crippen LogP contribution < -0.4 is 4.74 Å². The van der Waals surface area contributed by atoms with E-state index in [0.29, 0.717) is 45.0 Å². The molecule has 7 heteroatoms. The van der Waals surface area contributed by atoms with Crippen LogP contribution in [0.3, 0.4) is 0 Å². The van der Waals surface area contributed by atoms with E-state index >= 15 is 0 Å². The molecule has 158 valence electrons. The molecular weight excluding hydrogens is 372 g/mol. The average molecular weight is 402 g/mol. The highest BCUT2D eigenvalue weighted by atomic mass is 16.5. The molecule has 3 aliphatic heterocycles. The van der Waals surface area contributed by atoms with Crippen LogP contribution in [0.2, 0.25) is 0 Å². The van der Waals surface area contributed by atoms with Crippen LogP contribution in [0, 0.1) is 11.3 Å². The van der Waals surface area contributed by atoms with Gasteiger partial charge >= 0.3 is 5.97 Å². The molecule has 1 N–H and O–H groups in total. The van der Waals surface area contributed by atoms with E-state index in [9.17, 15) is 14.7 Å². The number of hydrogen-bond donors (Lipinski definition) is 1. The molecule has 0 aromatic heterocycles. The minimum Gasteiger partial charge on any atom is -0.483 e. The first-order valence-corrected chi connectivity index (χ1v) is 10.6. The first kappa shape index (κ1) is 20.2. The average Bonchev–Trinajstić information content (AvgIpc) is 3.13. The number of ether oxygens (including phenoxy) is 2. The number of para-hydroxylation sites is 1. The summed E-state index contributed by atoms with van der Waals surface area (Å²) in [6.45, 7) is 4.54. The number of benzene rings is 1. The number of piperidine rings is 1. The lowest BCUT2D eigenvalue weighted by Gasteiger charge is -2.34. The number of carboxylic acids is 1. The first-order chi connectivity index (χ1) is 14.1. The molecule has 29 heavy (non-hydrogen) atoms. The minimum absolute atomic E-state index is 0.0162. The molecule has 0 bridgehead atoms. The molecule has 3 heterocycles. The van der Waals surface area contributed by atoms with Gasteiger partial charge in [-0.3, -0.25) is 14.5 Å². The van der Waals surface area contributed by atoms with Crippen molar-refractivity contribution in [1.82, 2.24) is 9.80 Å². The fraction of sp³-hybridized carbons (Fsp3) is 0.636. The molecular formula is C22H30N2O5. The molecule has 3 aliphatic rings. The zero-order chi connectivity index (χ0) is 20.3. The molecule has 3 saturated heterocycles. The Hall–Kier alpha value is -2.12. The molecule has 0 aliphatic carbocycles. The lowest BCUT2D eigenvalue weighted by molar-refractivity contribution is -0.157. The van der Waals surface area contributed by atoms with Gasteiger partial charge < -0.3 is 19.5 Å². The van der Waals surface area contributed by atoms with Crippen molar-refractivity contribution in [2.45, 2.75) is 32.2 Å². The number of amides is 1. The highest BCUT2D eigenvalue weighted by Crippen LogP contribution is 2.43. The van der Waals surface area contributed by atoms with Gasteiger partial charge in [0.25, 0.3) is 5.91 Å². The summed E-state index contributed by atoms with van der Waals surface area (Å²) in [5, 5.41) is 9.86. The van der Waals surface area contributed by atoms with Crippen molar-refractivity contribution in [1.29, 1.82) is 0 Å². The third kappa shape index (κ3) is 4.26. The summed E-state index contributed by atoms with van der Waals surface area (Å²) in [5.74, 6) is 0.0366. The Morgan fingerprint density at radius 3 is 2.76 bits per heavy atom. The first-order valence-electron chi connectivity index (χ1n) is 10.6. The number of aliphatic carboxylic acids is 1. The van der Waals surface area contributed by atoms with Crippen LogP contribution in [0.5, 0.6) is 5.75 Å². The summed E-state index contributed by atoms with van der Waals surface area (Å²) in [4.78, 5) is 28.5. The van der Waals surface area contributed by atoms with Gasteiger partial charge in [0, 0.05) is 50.8 Å². The Kier molecular flexibility index (Phi) is 6.06. The molecule has 0 radical (unpaired) electrons. The number of hydrogen-bond acceptors (Lipinski definition) is 5. The molecule has 0 spiro atoms. The van der Waals surface area contributed by atoms with Gasteiger partial charge in [-0.05, 0) is 31.7 Å². The second-order valence-corrected chi connectivity index (χ2v) is 8.49. The molecule has 0 saturated carbocycles. The monoisotopic (exact) mass is 402 g/mol.